The first-order valence-electron chi connectivity index (χ1n) is 6.67. The minimum Gasteiger partial charge on any atom is -0.396 e. The molecule has 1 aromatic carbocycles. The molecule has 3 nitrogen and oxygen atoms in total. The second-order valence-electron chi connectivity index (χ2n) is 5.14. The summed E-state index contributed by atoms with van der Waals surface area (Å²) in [6.07, 6.45) is 3.14. The molecule has 3 atom stereocenters. The van der Waals surface area contributed by atoms with Crippen molar-refractivity contribution in [1.82, 2.24) is 5.32 Å². The van der Waals surface area contributed by atoms with Gasteiger partial charge in [-0.25, -0.2) is 4.39 Å². The number of aliphatic hydroxyl groups excluding tert-OH is 1. The number of aliphatic hydroxyl groups is 1. The van der Waals surface area contributed by atoms with Crippen molar-refractivity contribution in [2.75, 3.05) is 13.2 Å². The van der Waals surface area contributed by atoms with E-state index in [0.29, 0.717) is 11.6 Å². The number of hydrogen-bond donors (Lipinski definition) is 3. The predicted molar refractivity (Wildman–Crippen MR) is 74.6 cm³/mol. The molecule has 2 rings (SSSR count). The van der Waals surface area contributed by atoms with Gasteiger partial charge in [0.05, 0.1) is 0 Å². The summed E-state index contributed by atoms with van der Waals surface area (Å²) >= 11 is 5.88. The lowest BCUT2D eigenvalue weighted by atomic mass is 10.0. The van der Waals surface area contributed by atoms with E-state index in [0.717, 1.165) is 24.8 Å². The lowest BCUT2D eigenvalue weighted by molar-refractivity contribution is 0.199. The molecule has 0 saturated heterocycles. The molecule has 106 valence electrons. The van der Waals surface area contributed by atoms with Gasteiger partial charge < -0.3 is 16.2 Å². The van der Waals surface area contributed by atoms with Crippen LogP contribution in [0.3, 0.4) is 0 Å². The van der Waals surface area contributed by atoms with Crippen LogP contribution in [0.5, 0.6) is 0 Å². The van der Waals surface area contributed by atoms with Crippen molar-refractivity contribution < 1.29 is 9.50 Å². The molecule has 0 radical (unpaired) electrons. The van der Waals surface area contributed by atoms with Crippen molar-refractivity contribution in [2.24, 2.45) is 11.7 Å². The molecule has 0 heterocycles. The van der Waals surface area contributed by atoms with Crippen LogP contribution in [0.1, 0.15) is 30.9 Å². The number of nitrogens with two attached hydrogens (primary N) is 1. The molecule has 19 heavy (non-hydrogen) atoms. The van der Waals surface area contributed by atoms with Crippen LogP contribution < -0.4 is 11.1 Å². The molecular weight excluding hydrogens is 267 g/mol. The maximum Gasteiger partial charge on any atom is 0.125 e. The van der Waals surface area contributed by atoms with Crippen LogP contribution >= 0.6 is 11.6 Å². The Bertz CT molecular complexity index is 410. The van der Waals surface area contributed by atoms with Crippen LogP contribution in [0.4, 0.5) is 4.39 Å². The molecule has 4 N–H and O–H groups in total. The molecule has 1 saturated carbocycles. The summed E-state index contributed by atoms with van der Waals surface area (Å²) in [5, 5.41) is 13.1. The highest BCUT2D eigenvalue weighted by molar-refractivity contribution is 6.30. The van der Waals surface area contributed by atoms with Crippen LogP contribution in [0.2, 0.25) is 5.02 Å². The maximum absolute atomic E-state index is 13.4. The lowest BCUT2D eigenvalue weighted by Gasteiger charge is -2.26. The first-order valence-corrected chi connectivity index (χ1v) is 7.04. The maximum atomic E-state index is 13.4. The zero-order valence-electron chi connectivity index (χ0n) is 10.8. The third-order valence-corrected chi connectivity index (χ3v) is 4.05. The highest BCUT2D eigenvalue weighted by atomic mass is 35.5. The van der Waals surface area contributed by atoms with Crippen LogP contribution in [0.25, 0.3) is 0 Å². The Labute approximate surface area is 117 Å². The van der Waals surface area contributed by atoms with Crippen LogP contribution in [0, 0.1) is 11.7 Å². The van der Waals surface area contributed by atoms with E-state index in [-0.39, 0.29) is 30.4 Å². The Hall–Kier alpha value is -0.680. The number of benzene rings is 1. The van der Waals surface area contributed by atoms with Gasteiger partial charge in [-0.3, -0.25) is 0 Å². The lowest BCUT2D eigenvalue weighted by Crippen LogP contribution is -2.39. The number of rotatable bonds is 5. The van der Waals surface area contributed by atoms with Crippen molar-refractivity contribution in [3.63, 3.8) is 0 Å². The van der Waals surface area contributed by atoms with Gasteiger partial charge in [0.15, 0.2) is 0 Å². The Morgan fingerprint density at radius 3 is 2.84 bits per heavy atom. The summed E-state index contributed by atoms with van der Waals surface area (Å²) in [5.41, 5.74) is 6.54. The van der Waals surface area contributed by atoms with Crippen LogP contribution in [-0.2, 0) is 0 Å². The third-order valence-electron chi connectivity index (χ3n) is 3.83. The molecule has 0 bridgehead atoms. The van der Waals surface area contributed by atoms with Crippen LogP contribution in [0.15, 0.2) is 18.2 Å². The Morgan fingerprint density at radius 2 is 2.21 bits per heavy atom. The fourth-order valence-corrected chi connectivity index (χ4v) is 3.04. The molecular formula is C14H20ClFN2O. The molecule has 0 aromatic heterocycles. The quantitative estimate of drug-likeness (QED) is 0.778. The number of hydrogen-bond acceptors (Lipinski definition) is 3. The molecule has 1 aromatic rings. The highest BCUT2D eigenvalue weighted by Crippen LogP contribution is 2.28. The minimum absolute atomic E-state index is 0.134. The van der Waals surface area contributed by atoms with E-state index in [2.05, 4.69) is 5.32 Å². The van der Waals surface area contributed by atoms with Crippen molar-refractivity contribution in [1.29, 1.82) is 0 Å². The van der Waals surface area contributed by atoms with E-state index in [1.807, 2.05) is 0 Å². The molecule has 1 aliphatic carbocycles. The van der Waals surface area contributed by atoms with Gasteiger partial charge in [0.25, 0.3) is 0 Å². The van der Waals surface area contributed by atoms with Gasteiger partial charge in [-0.05, 0) is 42.5 Å². The average Bonchev–Trinajstić information content (AvgIpc) is 2.81. The van der Waals surface area contributed by atoms with E-state index >= 15 is 0 Å². The largest absolute Gasteiger partial charge is 0.396 e. The second-order valence-corrected chi connectivity index (χ2v) is 5.57. The van der Waals surface area contributed by atoms with Crippen LogP contribution in [-0.4, -0.2) is 24.3 Å². The fourth-order valence-electron chi connectivity index (χ4n) is 2.81. The minimum atomic E-state index is -0.354. The summed E-state index contributed by atoms with van der Waals surface area (Å²) in [6, 6.07) is 4.58. The first-order chi connectivity index (χ1) is 9.13. The molecule has 1 fully saturated rings. The SMILES string of the molecule is NCC(NC1CCCC1CO)c1cc(F)cc(Cl)c1. The molecule has 0 spiro atoms. The molecule has 0 aliphatic heterocycles. The summed E-state index contributed by atoms with van der Waals surface area (Å²) in [7, 11) is 0. The van der Waals surface area contributed by atoms with E-state index in [1.54, 1.807) is 6.07 Å². The molecule has 5 heteroatoms. The van der Waals surface area contributed by atoms with Gasteiger partial charge in [0, 0.05) is 30.3 Å². The van der Waals surface area contributed by atoms with Gasteiger partial charge in [-0.1, -0.05) is 18.0 Å². The van der Waals surface area contributed by atoms with Gasteiger partial charge in [0.2, 0.25) is 0 Å². The predicted octanol–water partition coefficient (Wildman–Crippen LogP) is 2.23. The Morgan fingerprint density at radius 1 is 1.42 bits per heavy atom. The summed E-state index contributed by atoms with van der Waals surface area (Å²) in [6.45, 7) is 0.549. The van der Waals surface area contributed by atoms with Gasteiger partial charge in [-0.2, -0.15) is 0 Å². The zero-order chi connectivity index (χ0) is 13.8. The zero-order valence-corrected chi connectivity index (χ0v) is 11.5. The van der Waals surface area contributed by atoms with E-state index in [4.69, 9.17) is 17.3 Å². The highest BCUT2D eigenvalue weighted by Gasteiger charge is 2.28. The van der Waals surface area contributed by atoms with Gasteiger partial charge in [-0.15, -0.1) is 0 Å². The summed E-state index contributed by atoms with van der Waals surface area (Å²) in [4.78, 5) is 0. The van der Waals surface area contributed by atoms with Crippen molar-refractivity contribution in [2.45, 2.75) is 31.3 Å². The summed E-state index contributed by atoms with van der Waals surface area (Å²) < 4.78 is 13.4. The van der Waals surface area contributed by atoms with Gasteiger partial charge in [0.1, 0.15) is 5.82 Å². The average molecular weight is 287 g/mol. The van der Waals surface area contributed by atoms with Crippen molar-refractivity contribution in [3.05, 3.63) is 34.6 Å². The molecule has 1 aliphatic rings. The first kappa shape index (κ1) is 14.7. The fraction of sp³-hybridized carbons (Fsp3) is 0.571. The molecule has 0 amide bonds. The summed E-state index contributed by atoms with van der Waals surface area (Å²) in [5.74, 6) is -0.0917. The van der Waals surface area contributed by atoms with E-state index in [1.165, 1.54) is 12.1 Å². The van der Waals surface area contributed by atoms with E-state index < -0.39 is 0 Å². The number of nitrogens with one attached hydrogen (secondary N) is 1. The standard InChI is InChI=1S/C14H20ClFN2O/c15-11-4-10(5-12(16)6-11)14(7-17)18-13-3-1-2-9(13)8-19/h4-6,9,13-14,18-19H,1-3,7-8,17H2. The third kappa shape index (κ3) is 3.66. The normalized spacial score (nSPS) is 24.6. The Kier molecular flexibility index (Phi) is 5.16. The van der Waals surface area contributed by atoms with Gasteiger partial charge >= 0.3 is 0 Å². The topological polar surface area (TPSA) is 58.3 Å². The molecule has 3 unspecified atom stereocenters. The van der Waals surface area contributed by atoms with Crippen molar-refractivity contribution >= 4 is 11.6 Å². The number of halogens is 2. The Balaban J connectivity index is 2.11. The van der Waals surface area contributed by atoms with E-state index in [9.17, 15) is 9.50 Å². The van der Waals surface area contributed by atoms with Crippen molar-refractivity contribution in [3.8, 4) is 0 Å². The smallest absolute Gasteiger partial charge is 0.125 e. The second kappa shape index (κ2) is 6.66. The monoisotopic (exact) mass is 286 g/mol.